The molecule has 138 valence electrons. The van der Waals surface area contributed by atoms with E-state index in [2.05, 4.69) is 34.3 Å². The molecule has 3 N–H and O–H groups in total. The average molecular weight is 360 g/mol. The van der Waals surface area contributed by atoms with Crippen LogP contribution < -0.4 is 15.8 Å². The van der Waals surface area contributed by atoms with Crippen LogP contribution in [0.2, 0.25) is 0 Å². The van der Waals surface area contributed by atoms with E-state index in [0.29, 0.717) is 25.0 Å². The van der Waals surface area contributed by atoms with Gasteiger partial charge in [0, 0.05) is 18.0 Å². The molecule has 0 fully saturated rings. The maximum absolute atomic E-state index is 5.99. The largest absolute Gasteiger partial charge is 0.473 e. The third-order valence-electron chi connectivity index (χ3n) is 4.10. The Labute approximate surface area is 159 Å². The van der Waals surface area contributed by atoms with Crippen molar-refractivity contribution < 1.29 is 4.74 Å². The highest BCUT2D eigenvalue weighted by Crippen LogP contribution is 2.13. The average Bonchev–Trinajstić information content (AvgIpc) is 2.72. The summed E-state index contributed by atoms with van der Waals surface area (Å²) in [7, 11) is 0. The number of rotatable bonds is 7. The molecule has 3 aromatic rings. The Kier molecular flexibility index (Phi) is 6.41. The molecule has 0 spiro atoms. The molecule has 27 heavy (non-hydrogen) atoms. The number of nitrogens with two attached hydrogens (primary N) is 1. The zero-order valence-electron chi connectivity index (χ0n) is 15.4. The first-order valence-corrected chi connectivity index (χ1v) is 9.00. The number of benzene rings is 2. The normalized spacial score (nSPS) is 11.2. The first-order chi connectivity index (χ1) is 13.2. The van der Waals surface area contributed by atoms with Crippen LogP contribution in [-0.4, -0.2) is 10.9 Å². The van der Waals surface area contributed by atoms with Crippen LogP contribution in [0.15, 0.2) is 77.9 Å². The Hall–Kier alpha value is -3.34. The summed E-state index contributed by atoms with van der Waals surface area (Å²) >= 11 is 0. The number of nitrogens with one attached hydrogen (secondary N) is 1. The smallest absolute Gasteiger partial charge is 0.213 e. The van der Waals surface area contributed by atoms with Gasteiger partial charge in [0.15, 0.2) is 5.96 Å². The zero-order chi connectivity index (χ0) is 18.9. The van der Waals surface area contributed by atoms with Crippen LogP contribution in [0.5, 0.6) is 5.88 Å². The lowest BCUT2D eigenvalue weighted by Crippen LogP contribution is -2.22. The van der Waals surface area contributed by atoms with Crippen LogP contribution in [0.4, 0.5) is 5.69 Å². The second-order valence-electron chi connectivity index (χ2n) is 6.15. The van der Waals surface area contributed by atoms with Gasteiger partial charge in [-0.25, -0.2) is 9.98 Å². The van der Waals surface area contributed by atoms with Crippen LogP contribution in [0.3, 0.4) is 0 Å². The van der Waals surface area contributed by atoms with Crippen LogP contribution >= 0.6 is 0 Å². The summed E-state index contributed by atoms with van der Waals surface area (Å²) < 4.78 is 5.75. The molecule has 0 aliphatic carbocycles. The Bertz CT molecular complexity index is 876. The first-order valence-electron chi connectivity index (χ1n) is 9.00. The first kappa shape index (κ1) is 18.5. The number of ether oxygens (including phenoxy) is 1. The molecule has 0 atom stereocenters. The van der Waals surface area contributed by atoms with Crippen molar-refractivity contribution in [2.45, 2.75) is 26.5 Å². The van der Waals surface area contributed by atoms with Crippen molar-refractivity contribution in [3.05, 3.63) is 89.6 Å². The van der Waals surface area contributed by atoms with Crippen LogP contribution in [0, 0.1) is 0 Å². The summed E-state index contributed by atoms with van der Waals surface area (Å²) in [5.74, 6) is 0.955. The summed E-state index contributed by atoms with van der Waals surface area (Å²) in [5.41, 5.74) is 10.3. The number of pyridine rings is 1. The summed E-state index contributed by atoms with van der Waals surface area (Å²) in [4.78, 5) is 8.64. The molecule has 0 radical (unpaired) electrons. The van der Waals surface area contributed by atoms with E-state index < -0.39 is 0 Å². The standard InChI is InChI=1S/C22H24N4O/c1-2-17-8-10-20(11-9-17)26-22(23)25-15-19-12-13-24-21(14-19)27-16-18-6-4-3-5-7-18/h3-14H,2,15-16H2,1H3,(H3,23,25,26). The molecule has 0 aliphatic heterocycles. The quantitative estimate of drug-likeness (QED) is 0.490. The summed E-state index contributed by atoms with van der Waals surface area (Å²) in [6.07, 6.45) is 2.73. The lowest BCUT2D eigenvalue weighted by atomic mass is 10.1. The predicted molar refractivity (Wildman–Crippen MR) is 110 cm³/mol. The van der Waals surface area contributed by atoms with E-state index in [1.807, 2.05) is 54.6 Å². The molecule has 3 rings (SSSR count). The molecular weight excluding hydrogens is 336 g/mol. The van der Waals surface area contributed by atoms with Gasteiger partial charge in [-0.3, -0.25) is 0 Å². The monoisotopic (exact) mass is 360 g/mol. The van der Waals surface area contributed by atoms with Gasteiger partial charge in [-0.15, -0.1) is 0 Å². The molecule has 2 aromatic carbocycles. The Morgan fingerprint density at radius 2 is 1.78 bits per heavy atom. The predicted octanol–water partition coefficient (Wildman–Crippen LogP) is 4.15. The van der Waals surface area contributed by atoms with Gasteiger partial charge in [-0.2, -0.15) is 0 Å². The lowest BCUT2D eigenvalue weighted by molar-refractivity contribution is 0.293. The van der Waals surface area contributed by atoms with E-state index >= 15 is 0 Å². The number of aliphatic imine (C=N–C) groups is 1. The molecule has 0 saturated heterocycles. The van der Waals surface area contributed by atoms with Gasteiger partial charge in [0.1, 0.15) is 6.61 Å². The fourth-order valence-corrected chi connectivity index (χ4v) is 2.55. The third kappa shape index (κ3) is 5.85. The van der Waals surface area contributed by atoms with Crippen molar-refractivity contribution in [2.75, 3.05) is 5.32 Å². The van der Waals surface area contributed by atoms with Gasteiger partial charge in [-0.1, -0.05) is 49.4 Å². The fourth-order valence-electron chi connectivity index (χ4n) is 2.55. The van der Waals surface area contributed by atoms with Gasteiger partial charge in [0.25, 0.3) is 0 Å². The second kappa shape index (κ2) is 9.38. The number of aryl methyl sites for hydroxylation is 1. The number of anilines is 1. The van der Waals surface area contributed by atoms with E-state index in [4.69, 9.17) is 10.5 Å². The number of guanidine groups is 1. The molecule has 0 unspecified atom stereocenters. The molecule has 0 saturated carbocycles. The number of aromatic nitrogens is 1. The van der Waals surface area contributed by atoms with Gasteiger partial charge in [-0.05, 0) is 41.3 Å². The Balaban J connectivity index is 1.55. The topological polar surface area (TPSA) is 72.5 Å². The van der Waals surface area contributed by atoms with Crippen molar-refractivity contribution >= 4 is 11.6 Å². The number of hydrogen-bond acceptors (Lipinski definition) is 3. The SMILES string of the molecule is CCc1ccc(NC(N)=NCc2ccnc(OCc3ccccc3)c2)cc1. The summed E-state index contributed by atoms with van der Waals surface area (Å²) in [6.45, 7) is 3.07. The van der Waals surface area contributed by atoms with Gasteiger partial charge >= 0.3 is 0 Å². The number of hydrogen-bond donors (Lipinski definition) is 2. The third-order valence-corrected chi connectivity index (χ3v) is 4.10. The van der Waals surface area contributed by atoms with E-state index in [0.717, 1.165) is 23.2 Å². The Morgan fingerprint density at radius 3 is 2.52 bits per heavy atom. The highest BCUT2D eigenvalue weighted by Gasteiger charge is 2.01. The molecule has 1 aromatic heterocycles. The minimum atomic E-state index is 0.378. The van der Waals surface area contributed by atoms with E-state index in [1.165, 1.54) is 5.56 Å². The fraction of sp³-hybridized carbons (Fsp3) is 0.182. The molecular formula is C22H24N4O. The molecule has 0 amide bonds. The molecule has 5 nitrogen and oxygen atoms in total. The maximum atomic E-state index is 5.99. The van der Waals surface area contributed by atoms with Crippen molar-refractivity contribution in [2.24, 2.45) is 10.7 Å². The summed E-state index contributed by atoms with van der Waals surface area (Å²) in [5, 5.41) is 3.11. The van der Waals surface area contributed by atoms with Crippen molar-refractivity contribution in [1.82, 2.24) is 4.98 Å². The Morgan fingerprint density at radius 1 is 1.00 bits per heavy atom. The second-order valence-corrected chi connectivity index (χ2v) is 6.15. The minimum Gasteiger partial charge on any atom is -0.473 e. The van der Waals surface area contributed by atoms with Gasteiger partial charge < -0.3 is 15.8 Å². The molecule has 5 heteroatoms. The molecule has 1 heterocycles. The van der Waals surface area contributed by atoms with Crippen molar-refractivity contribution in [3.63, 3.8) is 0 Å². The maximum Gasteiger partial charge on any atom is 0.213 e. The van der Waals surface area contributed by atoms with E-state index in [-0.39, 0.29) is 0 Å². The minimum absolute atomic E-state index is 0.378. The van der Waals surface area contributed by atoms with Gasteiger partial charge in [0.05, 0.1) is 6.54 Å². The van der Waals surface area contributed by atoms with E-state index in [9.17, 15) is 0 Å². The van der Waals surface area contributed by atoms with Gasteiger partial charge in [0.2, 0.25) is 5.88 Å². The van der Waals surface area contributed by atoms with Crippen LogP contribution in [0.25, 0.3) is 0 Å². The van der Waals surface area contributed by atoms with Crippen molar-refractivity contribution in [3.8, 4) is 5.88 Å². The molecule has 0 bridgehead atoms. The van der Waals surface area contributed by atoms with E-state index in [1.54, 1.807) is 6.20 Å². The summed E-state index contributed by atoms with van der Waals surface area (Å²) in [6, 6.07) is 22.0. The lowest BCUT2D eigenvalue weighted by Gasteiger charge is -2.08. The highest BCUT2D eigenvalue weighted by molar-refractivity contribution is 5.92. The van der Waals surface area contributed by atoms with Crippen LogP contribution in [-0.2, 0) is 19.6 Å². The molecule has 0 aliphatic rings. The van der Waals surface area contributed by atoms with Crippen molar-refractivity contribution in [1.29, 1.82) is 0 Å². The zero-order valence-corrected chi connectivity index (χ0v) is 15.4. The van der Waals surface area contributed by atoms with Crippen LogP contribution in [0.1, 0.15) is 23.6 Å². The number of nitrogens with zero attached hydrogens (tertiary/aromatic N) is 2. The highest BCUT2D eigenvalue weighted by atomic mass is 16.5.